The van der Waals surface area contributed by atoms with Gasteiger partial charge in [0.25, 0.3) is 0 Å². The molecule has 0 unspecified atom stereocenters. The van der Waals surface area contributed by atoms with Crippen molar-refractivity contribution < 1.29 is 13.2 Å². The van der Waals surface area contributed by atoms with E-state index in [4.69, 9.17) is 5.73 Å². The summed E-state index contributed by atoms with van der Waals surface area (Å²) in [4.78, 5) is 3.96. The summed E-state index contributed by atoms with van der Waals surface area (Å²) in [5, 5.41) is 0. The van der Waals surface area contributed by atoms with E-state index in [0.29, 0.717) is 5.56 Å². The molecule has 0 atom stereocenters. The Morgan fingerprint density at radius 3 is 2.44 bits per heavy atom. The number of hydrogen-bond donors (Lipinski definition) is 1. The zero-order valence-corrected chi connectivity index (χ0v) is 9.62. The number of halogens is 3. The van der Waals surface area contributed by atoms with Gasteiger partial charge in [0.1, 0.15) is 0 Å². The van der Waals surface area contributed by atoms with Crippen molar-refractivity contribution in [1.82, 2.24) is 4.98 Å². The number of alkyl halides is 3. The topological polar surface area (TPSA) is 38.9 Å². The third kappa shape index (κ3) is 2.16. The fourth-order valence-electron chi connectivity index (χ4n) is 1.72. The lowest BCUT2D eigenvalue weighted by molar-refractivity contribution is -0.137. The van der Waals surface area contributed by atoms with E-state index in [1.807, 2.05) is 0 Å². The molecule has 1 heterocycles. The smallest absolute Gasteiger partial charge is 0.397 e. The van der Waals surface area contributed by atoms with Crippen molar-refractivity contribution in [3.8, 4) is 11.3 Å². The zero-order valence-electron chi connectivity index (χ0n) is 9.62. The second-order valence-electron chi connectivity index (χ2n) is 3.93. The highest BCUT2D eigenvalue weighted by molar-refractivity contribution is 5.77. The van der Waals surface area contributed by atoms with E-state index in [1.54, 1.807) is 13.0 Å². The highest BCUT2D eigenvalue weighted by Gasteiger charge is 2.34. The molecule has 0 aliphatic heterocycles. The summed E-state index contributed by atoms with van der Waals surface area (Å²) in [5.74, 6) is 0. The normalized spacial score (nSPS) is 11.6. The maximum atomic E-state index is 12.9. The molecule has 5 heteroatoms. The van der Waals surface area contributed by atoms with Gasteiger partial charge in [0.05, 0.1) is 16.9 Å². The lowest BCUT2D eigenvalue weighted by Gasteiger charge is -2.14. The number of pyridine rings is 1. The summed E-state index contributed by atoms with van der Waals surface area (Å²) in [6, 6.07) is 6.95. The molecule has 0 aliphatic rings. The number of nitrogens with two attached hydrogens (primary N) is 1. The summed E-state index contributed by atoms with van der Waals surface area (Å²) < 4.78 is 38.7. The number of aryl methyl sites for hydroxylation is 1. The Balaban J connectivity index is 2.69. The third-order valence-electron chi connectivity index (χ3n) is 2.70. The summed E-state index contributed by atoms with van der Waals surface area (Å²) in [6.07, 6.45) is -2.97. The number of anilines is 1. The van der Waals surface area contributed by atoms with E-state index in [1.165, 1.54) is 24.4 Å². The van der Waals surface area contributed by atoms with Gasteiger partial charge >= 0.3 is 6.18 Å². The predicted octanol–water partition coefficient (Wildman–Crippen LogP) is 3.66. The number of hydrogen-bond acceptors (Lipinski definition) is 2. The van der Waals surface area contributed by atoms with Crippen LogP contribution in [0.15, 0.2) is 36.5 Å². The molecule has 1 aromatic carbocycles. The Morgan fingerprint density at radius 1 is 1.11 bits per heavy atom. The molecule has 0 aliphatic carbocycles. The molecular weight excluding hydrogens is 241 g/mol. The van der Waals surface area contributed by atoms with Crippen molar-refractivity contribution in [2.75, 3.05) is 5.73 Å². The van der Waals surface area contributed by atoms with Crippen LogP contribution in [0.3, 0.4) is 0 Å². The molecule has 0 radical (unpaired) electrons. The monoisotopic (exact) mass is 252 g/mol. The van der Waals surface area contributed by atoms with Crippen LogP contribution in [0.4, 0.5) is 18.9 Å². The van der Waals surface area contributed by atoms with Crippen molar-refractivity contribution in [2.45, 2.75) is 13.1 Å². The second kappa shape index (κ2) is 4.33. The van der Waals surface area contributed by atoms with Crippen LogP contribution in [0.2, 0.25) is 0 Å². The van der Waals surface area contributed by atoms with Gasteiger partial charge in [-0.25, -0.2) is 0 Å². The van der Waals surface area contributed by atoms with Crippen LogP contribution in [0.5, 0.6) is 0 Å². The van der Waals surface area contributed by atoms with E-state index in [2.05, 4.69) is 4.98 Å². The Labute approximate surface area is 102 Å². The molecule has 0 saturated heterocycles. The van der Waals surface area contributed by atoms with Crippen molar-refractivity contribution in [1.29, 1.82) is 0 Å². The van der Waals surface area contributed by atoms with E-state index < -0.39 is 11.7 Å². The number of aromatic nitrogens is 1. The molecule has 2 N–H and O–H groups in total. The van der Waals surface area contributed by atoms with Gasteiger partial charge in [-0.05, 0) is 24.6 Å². The molecule has 2 aromatic rings. The van der Waals surface area contributed by atoms with E-state index in [-0.39, 0.29) is 16.9 Å². The summed E-state index contributed by atoms with van der Waals surface area (Å²) in [7, 11) is 0. The van der Waals surface area contributed by atoms with E-state index >= 15 is 0 Å². The Bertz CT molecular complexity index is 577. The van der Waals surface area contributed by atoms with E-state index in [0.717, 1.165) is 6.07 Å². The maximum Gasteiger partial charge on any atom is 0.417 e. The minimum absolute atomic E-state index is 0.00574. The first kappa shape index (κ1) is 12.4. The third-order valence-corrected chi connectivity index (χ3v) is 2.70. The molecule has 2 rings (SSSR count). The molecule has 2 nitrogen and oxygen atoms in total. The number of nitrogen functional groups attached to an aromatic ring is 1. The quantitative estimate of drug-likeness (QED) is 0.841. The van der Waals surface area contributed by atoms with Gasteiger partial charge in [0, 0.05) is 11.8 Å². The van der Waals surface area contributed by atoms with Gasteiger partial charge in [-0.3, -0.25) is 4.98 Å². The fourth-order valence-corrected chi connectivity index (χ4v) is 1.72. The van der Waals surface area contributed by atoms with Crippen molar-refractivity contribution >= 4 is 5.69 Å². The highest BCUT2D eigenvalue weighted by Crippen LogP contribution is 2.38. The van der Waals surface area contributed by atoms with Crippen LogP contribution in [0, 0.1) is 6.92 Å². The molecule has 94 valence electrons. The minimum Gasteiger partial charge on any atom is -0.397 e. The minimum atomic E-state index is -4.42. The lowest BCUT2D eigenvalue weighted by atomic mass is 10.0. The van der Waals surface area contributed by atoms with Crippen molar-refractivity contribution in [2.24, 2.45) is 0 Å². The maximum absolute atomic E-state index is 12.9. The Morgan fingerprint density at radius 2 is 1.78 bits per heavy atom. The first-order chi connectivity index (χ1) is 8.41. The molecule has 0 bridgehead atoms. The first-order valence-electron chi connectivity index (χ1n) is 5.29. The average Bonchev–Trinajstić information content (AvgIpc) is 2.32. The van der Waals surface area contributed by atoms with Gasteiger partial charge in [0.2, 0.25) is 0 Å². The molecule has 0 fully saturated rings. The number of rotatable bonds is 1. The average molecular weight is 252 g/mol. The number of nitrogens with zero attached hydrogens (tertiary/aromatic N) is 1. The van der Waals surface area contributed by atoms with Crippen molar-refractivity contribution in [3.63, 3.8) is 0 Å². The van der Waals surface area contributed by atoms with Crippen LogP contribution in [-0.4, -0.2) is 4.98 Å². The number of benzene rings is 1. The first-order valence-corrected chi connectivity index (χ1v) is 5.29. The van der Waals surface area contributed by atoms with Crippen LogP contribution in [-0.2, 0) is 6.18 Å². The molecule has 0 spiro atoms. The molecule has 0 amide bonds. The van der Waals surface area contributed by atoms with Crippen LogP contribution >= 0.6 is 0 Å². The van der Waals surface area contributed by atoms with Gasteiger partial charge < -0.3 is 5.73 Å². The highest BCUT2D eigenvalue weighted by atomic mass is 19.4. The van der Waals surface area contributed by atoms with Gasteiger partial charge in [-0.15, -0.1) is 0 Å². The molecule has 0 saturated carbocycles. The van der Waals surface area contributed by atoms with Gasteiger partial charge in [-0.1, -0.05) is 18.2 Å². The van der Waals surface area contributed by atoms with Crippen LogP contribution in [0.25, 0.3) is 11.3 Å². The van der Waals surface area contributed by atoms with Crippen molar-refractivity contribution in [3.05, 3.63) is 47.7 Å². The zero-order chi connectivity index (χ0) is 13.3. The van der Waals surface area contributed by atoms with Crippen LogP contribution in [0.1, 0.15) is 11.1 Å². The SMILES string of the molecule is Cc1ccnc(-c2ccccc2C(F)(F)F)c1N. The van der Waals surface area contributed by atoms with Gasteiger partial charge in [-0.2, -0.15) is 13.2 Å². The Hall–Kier alpha value is -2.04. The van der Waals surface area contributed by atoms with E-state index in [9.17, 15) is 13.2 Å². The fraction of sp³-hybridized carbons (Fsp3) is 0.154. The van der Waals surface area contributed by atoms with Crippen LogP contribution < -0.4 is 5.73 Å². The summed E-state index contributed by atoms with van der Waals surface area (Å²) >= 11 is 0. The standard InChI is InChI=1S/C13H11F3N2/c1-8-6-7-18-12(11(8)17)9-4-2-3-5-10(9)13(14,15)16/h2-7H,17H2,1H3. The van der Waals surface area contributed by atoms with Gasteiger partial charge in [0.15, 0.2) is 0 Å². The second-order valence-corrected chi connectivity index (χ2v) is 3.93. The molecule has 18 heavy (non-hydrogen) atoms. The summed E-state index contributed by atoms with van der Waals surface area (Å²) in [5.41, 5.74) is 6.22. The largest absolute Gasteiger partial charge is 0.417 e. The molecule has 1 aromatic heterocycles. The molecular formula is C13H11F3N2. The lowest BCUT2D eigenvalue weighted by Crippen LogP contribution is -2.08. The summed E-state index contributed by atoms with van der Waals surface area (Å²) in [6.45, 7) is 1.73. The predicted molar refractivity (Wildman–Crippen MR) is 63.8 cm³/mol. The Kier molecular flexibility index (Phi) is 2.98.